The molecule has 6 nitrogen and oxygen atoms in total. The molecular weight excluding hydrogens is 258 g/mol. The zero-order valence-corrected chi connectivity index (χ0v) is 11.1. The summed E-state index contributed by atoms with van der Waals surface area (Å²) < 4.78 is 10.8. The average Bonchev–Trinajstić information content (AvgIpc) is 2.81. The Kier molecular flexibility index (Phi) is 3.39. The van der Waals surface area contributed by atoms with E-state index in [-0.39, 0.29) is 12.0 Å². The normalized spacial score (nSPS) is 14.7. The molecule has 1 amide bonds. The van der Waals surface area contributed by atoms with E-state index >= 15 is 0 Å². The number of aryl methyl sites for hydroxylation is 1. The molecule has 2 aromatic rings. The standard InChI is InChI=1S/C14H15N3O3/c1-9-3-5-19-13(9)14(18)17-10-2-4-16-12(6-10)20-11-7-15-8-11/h2-6,11,15H,7-8H2,1H3,(H,16,17,18). The summed E-state index contributed by atoms with van der Waals surface area (Å²) in [4.78, 5) is 16.1. The number of pyridine rings is 1. The van der Waals surface area contributed by atoms with E-state index in [1.165, 1.54) is 6.26 Å². The van der Waals surface area contributed by atoms with Crippen molar-refractivity contribution in [1.82, 2.24) is 10.3 Å². The van der Waals surface area contributed by atoms with Gasteiger partial charge in [0.05, 0.1) is 6.26 Å². The molecule has 1 aliphatic rings. The van der Waals surface area contributed by atoms with Gasteiger partial charge in [-0.25, -0.2) is 4.98 Å². The van der Waals surface area contributed by atoms with Crippen molar-refractivity contribution >= 4 is 11.6 Å². The molecule has 3 rings (SSSR count). The van der Waals surface area contributed by atoms with Gasteiger partial charge in [-0.3, -0.25) is 4.79 Å². The quantitative estimate of drug-likeness (QED) is 0.884. The fraction of sp³-hybridized carbons (Fsp3) is 0.286. The Hall–Kier alpha value is -2.34. The number of anilines is 1. The van der Waals surface area contributed by atoms with Crippen LogP contribution in [0.3, 0.4) is 0 Å². The van der Waals surface area contributed by atoms with Gasteiger partial charge in [-0.2, -0.15) is 0 Å². The number of nitrogens with one attached hydrogen (secondary N) is 2. The van der Waals surface area contributed by atoms with Gasteiger partial charge in [0.1, 0.15) is 6.10 Å². The Morgan fingerprint density at radius 3 is 3.00 bits per heavy atom. The number of nitrogens with zero attached hydrogens (tertiary/aromatic N) is 1. The highest BCUT2D eigenvalue weighted by Gasteiger charge is 2.19. The topological polar surface area (TPSA) is 76.4 Å². The van der Waals surface area contributed by atoms with Crippen molar-refractivity contribution in [2.24, 2.45) is 0 Å². The third kappa shape index (κ3) is 2.65. The molecule has 20 heavy (non-hydrogen) atoms. The van der Waals surface area contributed by atoms with Crippen LogP contribution < -0.4 is 15.4 Å². The second-order valence-corrected chi connectivity index (χ2v) is 4.67. The number of hydrogen-bond donors (Lipinski definition) is 2. The SMILES string of the molecule is Cc1ccoc1C(=O)Nc1ccnc(OC2CNC2)c1. The first-order chi connectivity index (χ1) is 9.72. The second kappa shape index (κ2) is 5.34. The highest BCUT2D eigenvalue weighted by Crippen LogP contribution is 2.18. The molecule has 3 heterocycles. The van der Waals surface area contributed by atoms with Gasteiger partial charge in [0.2, 0.25) is 5.88 Å². The Bertz CT molecular complexity index is 620. The van der Waals surface area contributed by atoms with E-state index in [0.29, 0.717) is 17.3 Å². The Labute approximate surface area is 116 Å². The monoisotopic (exact) mass is 273 g/mol. The minimum atomic E-state index is -0.282. The number of aromatic nitrogens is 1. The van der Waals surface area contributed by atoms with Crippen LogP contribution in [-0.2, 0) is 0 Å². The molecule has 6 heteroatoms. The van der Waals surface area contributed by atoms with Crippen LogP contribution in [0.1, 0.15) is 16.1 Å². The van der Waals surface area contributed by atoms with Gasteiger partial charge in [-0.1, -0.05) is 0 Å². The number of furan rings is 1. The molecule has 2 N–H and O–H groups in total. The van der Waals surface area contributed by atoms with Crippen molar-refractivity contribution in [1.29, 1.82) is 0 Å². The lowest BCUT2D eigenvalue weighted by molar-refractivity contribution is 0.0996. The first-order valence-corrected chi connectivity index (χ1v) is 6.41. The van der Waals surface area contributed by atoms with Gasteiger partial charge in [0.25, 0.3) is 5.91 Å². The Balaban J connectivity index is 1.69. The largest absolute Gasteiger partial charge is 0.472 e. The number of hydrogen-bond acceptors (Lipinski definition) is 5. The lowest BCUT2D eigenvalue weighted by Crippen LogP contribution is -2.50. The molecule has 0 spiro atoms. The zero-order chi connectivity index (χ0) is 13.9. The van der Waals surface area contributed by atoms with Gasteiger partial charge >= 0.3 is 0 Å². The summed E-state index contributed by atoms with van der Waals surface area (Å²) in [5, 5.41) is 5.88. The maximum atomic E-state index is 12.0. The minimum absolute atomic E-state index is 0.153. The van der Waals surface area contributed by atoms with Crippen molar-refractivity contribution in [2.75, 3.05) is 18.4 Å². The zero-order valence-electron chi connectivity index (χ0n) is 11.1. The van der Waals surface area contributed by atoms with Crippen molar-refractivity contribution < 1.29 is 13.9 Å². The van der Waals surface area contributed by atoms with Crippen LogP contribution in [-0.4, -0.2) is 30.1 Å². The Morgan fingerprint density at radius 2 is 2.35 bits per heavy atom. The first kappa shape index (κ1) is 12.7. The fourth-order valence-corrected chi connectivity index (χ4v) is 1.86. The van der Waals surface area contributed by atoms with E-state index in [0.717, 1.165) is 18.7 Å². The fourth-order valence-electron chi connectivity index (χ4n) is 1.86. The number of carbonyl (C=O) groups excluding carboxylic acids is 1. The van der Waals surface area contributed by atoms with Gasteiger partial charge in [-0.05, 0) is 19.1 Å². The second-order valence-electron chi connectivity index (χ2n) is 4.67. The molecule has 0 aromatic carbocycles. The van der Waals surface area contributed by atoms with E-state index in [1.54, 1.807) is 24.4 Å². The molecule has 0 aliphatic carbocycles. The van der Waals surface area contributed by atoms with Gasteiger partial charge in [0, 0.05) is 36.6 Å². The van der Waals surface area contributed by atoms with Crippen LogP contribution in [0.4, 0.5) is 5.69 Å². The molecule has 0 radical (unpaired) electrons. The lowest BCUT2D eigenvalue weighted by Gasteiger charge is -2.27. The molecule has 0 bridgehead atoms. The number of rotatable bonds is 4. The Morgan fingerprint density at radius 1 is 1.50 bits per heavy atom. The summed E-state index contributed by atoms with van der Waals surface area (Å²) in [5.74, 6) is 0.535. The first-order valence-electron chi connectivity index (χ1n) is 6.41. The highest BCUT2D eigenvalue weighted by molar-refractivity contribution is 6.03. The van der Waals surface area contributed by atoms with E-state index in [9.17, 15) is 4.79 Å². The molecule has 0 unspecified atom stereocenters. The van der Waals surface area contributed by atoms with Crippen LogP contribution in [0.5, 0.6) is 5.88 Å². The van der Waals surface area contributed by atoms with Crippen molar-refractivity contribution in [3.63, 3.8) is 0 Å². The van der Waals surface area contributed by atoms with E-state index in [2.05, 4.69) is 15.6 Å². The van der Waals surface area contributed by atoms with Crippen molar-refractivity contribution in [2.45, 2.75) is 13.0 Å². The van der Waals surface area contributed by atoms with E-state index < -0.39 is 0 Å². The highest BCUT2D eigenvalue weighted by atomic mass is 16.5. The molecule has 2 aromatic heterocycles. The van der Waals surface area contributed by atoms with E-state index in [1.807, 2.05) is 6.92 Å². The summed E-state index contributed by atoms with van der Waals surface area (Å²) in [6.45, 7) is 3.47. The predicted octanol–water partition coefficient (Wildman–Crippen LogP) is 1.59. The predicted molar refractivity (Wildman–Crippen MR) is 72.9 cm³/mol. The summed E-state index contributed by atoms with van der Waals surface area (Å²) >= 11 is 0. The van der Waals surface area contributed by atoms with Gasteiger partial charge < -0.3 is 19.8 Å². The maximum Gasteiger partial charge on any atom is 0.291 e. The van der Waals surface area contributed by atoms with Crippen LogP contribution in [0, 0.1) is 6.92 Å². The minimum Gasteiger partial charge on any atom is -0.472 e. The van der Waals surface area contributed by atoms with Gasteiger partial charge in [0.15, 0.2) is 5.76 Å². The molecule has 1 saturated heterocycles. The number of carbonyl (C=O) groups is 1. The van der Waals surface area contributed by atoms with Crippen LogP contribution in [0.2, 0.25) is 0 Å². The molecular formula is C14H15N3O3. The smallest absolute Gasteiger partial charge is 0.291 e. The summed E-state index contributed by atoms with van der Waals surface area (Å²) in [7, 11) is 0. The summed E-state index contributed by atoms with van der Waals surface area (Å²) in [6.07, 6.45) is 3.25. The van der Waals surface area contributed by atoms with E-state index in [4.69, 9.17) is 9.15 Å². The molecule has 0 atom stereocenters. The third-order valence-electron chi connectivity index (χ3n) is 3.09. The molecule has 1 aliphatic heterocycles. The number of amides is 1. The average molecular weight is 273 g/mol. The van der Waals surface area contributed by atoms with Gasteiger partial charge in [-0.15, -0.1) is 0 Å². The summed E-state index contributed by atoms with van der Waals surface area (Å²) in [5.41, 5.74) is 1.43. The molecule has 1 fully saturated rings. The maximum absolute atomic E-state index is 12.0. The molecule has 0 saturated carbocycles. The van der Waals surface area contributed by atoms with Crippen molar-refractivity contribution in [3.05, 3.63) is 42.0 Å². The van der Waals surface area contributed by atoms with Crippen molar-refractivity contribution in [3.8, 4) is 5.88 Å². The summed E-state index contributed by atoms with van der Waals surface area (Å²) in [6, 6.07) is 5.16. The van der Waals surface area contributed by atoms with Crippen LogP contribution in [0.15, 0.2) is 35.1 Å². The number of ether oxygens (including phenoxy) is 1. The third-order valence-corrected chi connectivity index (χ3v) is 3.09. The molecule has 104 valence electrons. The lowest BCUT2D eigenvalue weighted by atomic mass is 10.2. The van der Waals surface area contributed by atoms with Crippen LogP contribution in [0.25, 0.3) is 0 Å². The van der Waals surface area contributed by atoms with Crippen LogP contribution >= 0.6 is 0 Å².